The smallest absolute Gasteiger partial charge is 0.119 e. The first-order valence-electron chi connectivity index (χ1n) is 7.30. The molecule has 0 saturated carbocycles. The second kappa shape index (κ2) is 7.15. The maximum Gasteiger partial charge on any atom is 0.119 e. The maximum absolute atomic E-state index is 6.02. The van der Waals surface area contributed by atoms with Gasteiger partial charge in [-0.05, 0) is 47.4 Å². The number of hydrogen-bond donors (Lipinski definition) is 0. The van der Waals surface area contributed by atoms with Crippen LogP contribution in [0.2, 0.25) is 5.02 Å². The molecule has 2 heteroatoms. The molecular weight excluding hydrogens is 292 g/mol. The van der Waals surface area contributed by atoms with Gasteiger partial charge in [0.05, 0.1) is 0 Å². The normalized spacial score (nSPS) is 10.4. The Morgan fingerprint density at radius 2 is 1.41 bits per heavy atom. The van der Waals surface area contributed by atoms with Gasteiger partial charge < -0.3 is 4.74 Å². The molecule has 0 N–H and O–H groups in total. The summed E-state index contributed by atoms with van der Waals surface area (Å²) in [6.07, 6.45) is 0.875. The minimum atomic E-state index is 0.592. The zero-order chi connectivity index (χ0) is 15.2. The Morgan fingerprint density at radius 1 is 0.682 bits per heavy atom. The fourth-order valence-electron chi connectivity index (χ4n) is 2.33. The van der Waals surface area contributed by atoms with Crippen molar-refractivity contribution in [3.05, 3.63) is 101 Å². The third-order valence-corrected chi connectivity index (χ3v) is 3.70. The quantitative estimate of drug-likeness (QED) is 0.604. The lowest BCUT2D eigenvalue weighted by atomic mass is 10.1. The molecule has 0 atom stereocenters. The van der Waals surface area contributed by atoms with Crippen molar-refractivity contribution in [2.75, 3.05) is 0 Å². The van der Waals surface area contributed by atoms with E-state index in [0.29, 0.717) is 6.61 Å². The third kappa shape index (κ3) is 4.12. The van der Waals surface area contributed by atoms with E-state index in [1.807, 2.05) is 48.5 Å². The van der Waals surface area contributed by atoms with E-state index in [1.54, 1.807) is 0 Å². The highest BCUT2D eigenvalue weighted by molar-refractivity contribution is 6.30. The Bertz CT molecular complexity index is 720. The van der Waals surface area contributed by atoms with E-state index in [-0.39, 0.29) is 0 Å². The summed E-state index contributed by atoms with van der Waals surface area (Å²) >= 11 is 6.02. The van der Waals surface area contributed by atoms with Crippen LogP contribution < -0.4 is 4.74 Å². The summed E-state index contributed by atoms with van der Waals surface area (Å²) in [5.41, 5.74) is 3.63. The Hall–Kier alpha value is -2.25. The largest absolute Gasteiger partial charge is 0.489 e. The highest BCUT2D eigenvalue weighted by Crippen LogP contribution is 2.18. The number of rotatable bonds is 5. The molecule has 3 aromatic carbocycles. The molecule has 0 unspecified atom stereocenters. The molecular formula is C20H17ClO. The Labute approximate surface area is 136 Å². The molecule has 0 fully saturated rings. The fourth-order valence-corrected chi connectivity index (χ4v) is 2.54. The number of halogens is 1. The fraction of sp³-hybridized carbons (Fsp3) is 0.100. The van der Waals surface area contributed by atoms with Gasteiger partial charge in [-0.2, -0.15) is 0 Å². The minimum Gasteiger partial charge on any atom is -0.489 e. The van der Waals surface area contributed by atoms with Crippen LogP contribution in [0.3, 0.4) is 0 Å². The monoisotopic (exact) mass is 308 g/mol. The summed E-state index contributed by atoms with van der Waals surface area (Å²) in [4.78, 5) is 0. The van der Waals surface area contributed by atoms with E-state index in [1.165, 1.54) is 16.7 Å². The van der Waals surface area contributed by atoms with Crippen LogP contribution >= 0.6 is 11.6 Å². The second-order valence-electron chi connectivity index (χ2n) is 5.22. The van der Waals surface area contributed by atoms with Gasteiger partial charge >= 0.3 is 0 Å². The maximum atomic E-state index is 6.02. The molecule has 0 radical (unpaired) electrons. The van der Waals surface area contributed by atoms with Gasteiger partial charge in [0.25, 0.3) is 0 Å². The van der Waals surface area contributed by atoms with Gasteiger partial charge in [-0.3, -0.25) is 0 Å². The van der Waals surface area contributed by atoms with Crippen LogP contribution in [0.15, 0.2) is 78.9 Å². The average Bonchev–Trinajstić information content (AvgIpc) is 2.55. The number of hydrogen-bond acceptors (Lipinski definition) is 1. The van der Waals surface area contributed by atoms with Crippen molar-refractivity contribution in [2.24, 2.45) is 0 Å². The Balaban J connectivity index is 1.60. The molecule has 110 valence electrons. The van der Waals surface area contributed by atoms with Gasteiger partial charge in [0, 0.05) is 5.02 Å². The topological polar surface area (TPSA) is 9.23 Å². The highest BCUT2D eigenvalue weighted by atomic mass is 35.5. The van der Waals surface area contributed by atoms with E-state index in [0.717, 1.165) is 17.2 Å². The van der Waals surface area contributed by atoms with E-state index < -0.39 is 0 Å². The standard InChI is InChI=1S/C20H17ClO/c21-19-8-4-7-18(14-19)13-16-9-11-20(12-10-16)22-15-17-5-2-1-3-6-17/h1-12,14H,13,15H2. The number of ether oxygens (including phenoxy) is 1. The lowest BCUT2D eigenvalue weighted by Crippen LogP contribution is -1.95. The van der Waals surface area contributed by atoms with E-state index in [9.17, 15) is 0 Å². The minimum absolute atomic E-state index is 0.592. The molecule has 0 spiro atoms. The van der Waals surface area contributed by atoms with Crippen LogP contribution in [0.25, 0.3) is 0 Å². The van der Waals surface area contributed by atoms with Crippen molar-refractivity contribution in [2.45, 2.75) is 13.0 Å². The lowest BCUT2D eigenvalue weighted by Gasteiger charge is -2.08. The predicted molar refractivity (Wildman–Crippen MR) is 91.5 cm³/mol. The van der Waals surface area contributed by atoms with Crippen LogP contribution in [0.4, 0.5) is 0 Å². The van der Waals surface area contributed by atoms with Crippen molar-refractivity contribution in [3.8, 4) is 5.75 Å². The third-order valence-electron chi connectivity index (χ3n) is 3.47. The Morgan fingerprint density at radius 3 is 2.14 bits per heavy atom. The van der Waals surface area contributed by atoms with Crippen molar-refractivity contribution in [1.82, 2.24) is 0 Å². The van der Waals surface area contributed by atoms with Gasteiger partial charge in [-0.15, -0.1) is 0 Å². The molecule has 1 nitrogen and oxygen atoms in total. The summed E-state index contributed by atoms with van der Waals surface area (Å²) in [5.74, 6) is 0.888. The average molecular weight is 309 g/mol. The van der Waals surface area contributed by atoms with Gasteiger partial charge in [-0.25, -0.2) is 0 Å². The van der Waals surface area contributed by atoms with Crippen molar-refractivity contribution in [1.29, 1.82) is 0 Å². The molecule has 0 amide bonds. The highest BCUT2D eigenvalue weighted by Gasteiger charge is 1.99. The second-order valence-corrected chi connectivity index (χ2v) is 5.66. The van der Waals surface area contributed by atoms with Crippen LogP contribution in [0.5, 0.6) is 5.75 Å². The summed E-state index contributed by atoms with van der Waals surface area (Å²) in [7, 11) is 0. The van der Waals surface area contributed by atoms with Crippen molar-refractivity contribution < 1.29 is 4.74 Å². The number of benzene rings is 3. The Kier molecular flexibility index (Phi) is 4.77. The zero-order valence-corrected chi connectivity index (χ0v) is 13.0. The first-order valence-corrected chi connectivity index (χ1v) is 7.67. The molecule has 0 aromatic heterocycles. The first-order chi connectivity index (χ1) is 10.8. The molecule has 0 bridgehead atoms. The summed E-state index contributed by atoms with van der Waals surface area (Å²) in [6.45, 7) is 0.592. The summed E-state index contributed by atoms with van der Waals surface area (Å²) < 4.78 is 5.80. The predicted octanol–water partition coefficient (Wildman–Crippen LogP) is 5.51. The zero-order valence-electron chi connectivity index (χ0n) is 12.2. The first kappa shape index (κ1) is 14.7. The van der Waals surface area contributed by atoms with Gasteiger partial charge in [0.1, 0.15) is 12.4 Å². The summed E-state index contributed by atoms with van der Waals surface area (Å²) in [6, 6.07) is 26.4. The lowest BCUT2D eigenvalue weighted by molar-refractivity contribution is 0.306. The molecule has 22 heavy (non-hydrogen) atoms. The molecule has 0 saturated heterocycles. The van der Waals surface area contributed by atoms with Crippen LogP contribution in [0.1, 0.15) is 16.7 Å². The molecule has 0 aliphatic heterocycles. The summed E-state index contributed by atoms with van der Waals surface area (Å²) in [5, 5.41) is 0.778. The van der Waals surface area contributed by atoms with Gasteiger partial charge in [-0.1, -0.05) is 66.2 Å². The van der Waals surface area contributed by atoms with Crippen LogP contribution in [0, 0.1) is 0 Å². The van der Waals surface area contributed by atoms with Crippen molar-refractivity contribution >= 4 is 11.6 Å². The molecule has 3 rings (SSSR count). The molecule has 0 aliphatic carbocycles. The SMILES string of the molecule is Clc1cccc(Cc2ccc(OCc3ccccc3)cc2)c1. The molecule has 0 heterocycles. The van der Waals surface area contributed by atoms with Gasteiger partial charge in [0.15, 0.2) is 0 Å². The van der Waals surface area contributed by atoms with Crippen LogP contribution in [-0.2, 0) is 13.0 Å². The van der Waals surface area contributed by atoms with E-state index in [4.69, 9.17) is 16.3 Å². The van der Waals surface area contributed by atoms with E-state index in [2.05, 4.69) is 30.3 Å². The van der Waals surface area contributed by atoms with E-state index >= 15 is 0 Å². The van der Waals surface area contributed by atoms with Crippen LogP contribution in [-0.4, -0.2) is 0 Å². The van der Waals surface area contributed by atoms with Crippen molar-refractivity contribution in [3.63, 3.8) is 0 Å². The molecule has 3 aromatic rings. The van der Waals surface area contributed by atoms with Gasteiger partial charge in [0.2, 0.25) is 0 Å². The molecule has 0 aliphatic rings.